The van der Waals surface area contributed by atoms with Gasteiger partial charge in [-0.3, -0.25) is 15.0 Å². The molecule has 1 aliphatic heterocycles. The fourth-order valence-electron chi connectivity index (χ4n) is 5.31. The van der Waals surface area contributed by atoms with E-state index >= 15 is 0 Å². The molecule has 0 spiro atoms. The van der Waals surface area contributed by atoms with E-state index in [-0.39, 0.29) is 29.6 Å². The second-order valence-electron chi connectivity index (χ2n) is 11.8. The number of para-hydroxylation sites is 2. The van der Waals surface area contributed by atoms with E-state index < -0.39 is 18.1 Å². The lowest BCUT2D eigenvalue weighted by molar-refractivity contribution is -0.146. The van der Waals surface area contributed by atoms with Crippen LogP contribution in [0.3, 0.4) is 0 Å². The largest absolute Gasteiger partial charge is 0.495 e. The van der Waals surface area contributed by atoms with Gasteiger partial charge in [0.2, 0.25) is 5.91 Å². The first-order chi connectivity index (χ1) is 19.5. The Kier molecular flexibility index (Phi) is 9.32. The van der Waals surface area contributed by atoms with E-state index in [2.05, 4.69) is 16.1 Å². The molecule has 41 heavy (non-hydrogen) atoms. The van der Waals surface area contributed by atoms with Gasteiger partial charge in [0, 0.05) is 6.42 Å². The number of carbonyl (C=O) groups is 3. The first-order valence-electron chi connectivity index (χ1n) is 14.0. The highest BCUT2D eigenvalue weighted by Gasteiger charge is 2.40. The van der Waals surface area contributed by atoms with E-state index in [0.717, 1.165) is 16.7 Å². The van der Waals surface area contributed by atoms with Gasteiger partial charge in [-0.15, -0.1) is 0 Å². The van der Waals surface area contributed by atoms with Crippen LogP contribution in [0.15, 0.2) is 78.9 Å². The summed E-state index contributed by atoms with van der Waals surface area (Å²) in [4.78, 5) is 40.7. The molecule has 1 heterocycles. The number of hydrogen-bond donors (Lipinski definition) is 3. The number of aryl methyl sites for hydroxylation is 1. The molecule has 4 amide bonds. The second kappa shape index (κ2) is 12.9. The predicted molar refractivity (Wildman–Crippen MR) is 160 cm³/mol. The standard InChI is InChI=1S/C33H40N4O4/c1-22-12-11-15-24(18-22)28-20-25(23-13-7-6-8-14-23)19-27(31(39)37(28)36-30(38)21-33(2,3)4)35-32(40)34-26-16-9-10-17-29(26)41-5/h6-18,25,27-28H,19-21H2,1-5H3,(H,36,38)(H2,34,35,40). The van der Waals surface area contributed by atoms with Crippen LogP contribution in [0.4, 0.5) is 10.5 Å². The summed E-state index contributed by atoms with van der Waals surface area (Å²) in [6.45, 7) is 7.94. The zero-order chi connectivity index (χ0) is 29.6. The molecule has 4 rings (SSSR count). The molecule has 3 atom stereocenters. The number of nitrogens with zero attached hydrogens (tertiary/aromatic N) is 1. The van der Waals surface area contributed by atoms with Gasteiger partial charge in [-0.1, -0.05) is 93.1 Å². The van der Waals surface area contributed by atoms with Gasteiger partial charge < -0.3 is 15.4 Å². The highest BCUT2D eigenvalue weighted by Crippen LogP contribution is 2.39. The third kappa shape index (κ3) is 7.87. The minimum Gasteiger partial charge on any atom is -0.495 e. The summed E-state index contributed by atoms with van der Waals surface area (Å²) in [5.41, 5.74) is 6.20. The smallest absolute Gasteiger partial charge is 0.319 e. The number of hydrogen-bond acceptors (Lipinski definition) is 4. The summed E-state index contributed by atoms with van der Waals surface area (Å²) in [5, 5.41) is 7.15. The van der Waals surface area contributed by atoms with Crippen molar-refractivity contribution in [3.05, 3.63) is 95.6 Å². The van der Waals surface area contributed by atoms with E-state index in [1.807, 2.05) is 88.4 Å². The number of amides is 4. The van der Waals surface area contributed by atoms with Crippen molar-refractivity contribution in [2.75, 3.05) is 12.4 Å². The van der Waals surface area contributed by atoms with Crippen LogP contribution in [-0.2, 0) is 9.59 Å². The molecule has 1 aliphatic rings. The summed E-state index contributed by atoms with van der Waals surface area (Å²) >= 11 is 0. The van der Waals surface area contributed by atoms with Gasteiger partial charge in [0.05, 0.1) is 18.8 Å². The number of methoxy groups -OCH3 is 1. The third-order valence-corrected chi connectivity index (χ3v) is 7.17. The summed E-state index contributed by atoms with van der Waals surface area (Å²) in [6, 6.07) is 23.2. The Bertz CT molecular complexity index is 1370. The SMILES string of the molecule is COc1ccccc1NC(=O)NC1CC(c2ccccc2)CC(c2cccc(C)c2)N(NC(=O)CC(C)(C)C)C1=O. The summed E-state index contributed by atoms with van der Waals surface area (Å²) in [5.74, 6) is -0.175. The van der Waals surface area contributed by atoms with Gasteiger partial charge in [-0.25, -0.2) is 9.80 Å². The molecule has 0 radical (unpaired) electrons. The molecule has 1 fully saturated rings. The van der Waals surface area contributed by atoms with Crippen LogP contribution >= 0.6 is 0 Å². The molecular weight excluding hydrogens is 516 g/mol. The molecule has 3 aromatic rings. The summed E-state index contributed by atoms with van der Waals surface area (Å²) < 4.78 is 5.36. The second-order valence-corrected chi connectivity index (χ2v) is 11.8. The molecule has 3 aromatic carbocycles. The highest BCUT2D eigenvalue weighted by molar-refractivity contribution is 5.95. The van der Waals surface area contributed by atoms with Gasteiger partial charge in [-0.05, 0) is 54.4 Å². The lowest BCUT2D eigenvalue weighted by Crippen LogP contribution is -2.55. The van der Waals surface area contributed by atoms with Crippen molar-refractivity contribution in [3.8, 4) is 5.75 Å². The monoisotopic (exact) mass is 556 g/mol. The maximum atomic E-state index is 14.2. The maximum Gasteiger partial charge on any atom is 0.319 e. The van der Waals surface area contributed by atoms with E-state index in [9.17, 15) is 14.4 Å². The van der Waals surface area contributed by atoms with E-state index in [1.54, 1.807) is 18.2 Å². The highest BCUT2D eigenvalue weighted by atomic mass is 16.5. The van der Waals surface area contributed by atoms with Crippen molar-refractivity contribution in [3.63, 3.8) is 0 Å². The number of hydrazine groups is 1. The fraction of sp³-hybridized carbons (Fsp3) is 0.364. The van der Waals surface area contributed by atoms with Crippen LogP contribution in [0.25, 0.3) is 0 Å². The Morgan fingerprint density at radius 3 is 2.29 bits per heavy atom. The Morgan fingerprint density at radius 2 is 1.61 bits per heavy atom. The van der Waals surface area contributed by atoms with Crippen molar-refractivity contribution in [2.24, 2.45) is 5.41 Å². The van der Waals surface area contributed by atoms with Crippen molar-refractivity contribution in [1.29, 1.82) is 0 Å². The molecule has 216 valence electrons. The van der Waals surface area contributed by atoms with Crippen molar-refractivity contribution < 1.29 is 19.1 Å². The van der Waals surface area contributed by atoms with Gasteiger partial charge in [0.25, 0.3) is 5.91 Å². The molecule has 0 bridgehead atoms. The number of anilines is 1. The molecule has 8 nitrogen and oxygen atoms in total. The Hall–Kier alpha value is -4.33. The number of ether oxygens (including phenoxy) is 1. The zero-order valence-corrected chi connectivity index (χ0v) is 24.4. The molecule has 3 N–H and O–H groups in total. The average molecular weight is 557 g/mol. The molecule has 0 aromatic heterocycles. The number of benzene rings is 3. The summed E-state index contributed by atoms with van der Waals surface area (Å²) in [6.07, 6.45) is 1.18. The van der Waals surface area contributed by atoms with E-state index in [1.165, 1.54) is 12.1 Å². The van der Waals surface area contributed by atoms with E-state index in [0.29, 0.717) is 24.3 Å². The topological polar surface area (TPSA) is 99.8 Å². The first kappa shape index (κ1) is 29.6. The molecule has 0 aliphatic carbocycles. The Morgan fingerprint density at radius 1 is 0.927 bits per heavy atom. The minimum atomic E-state index is -0.889. The lowest BCUT2D eigenvalue weighted by Gasteiger charge is -2.33. The zero-order valence-electron chi connectivity index (χ0n) is 24.4. The van der Waals surface area contributed by atoms with E-state index in [4.69, 9.17) is 4.74 Å². The quantitative estimate of drug-likeness (QED) is 0.327. The normalized spacial score (nSPS) is 19.2. The average Bonchev–Trinajstić information content (AvgIpc) is 3.05. The van der Waals surface area contributed by atoms with Crippen LogP contribution in [-0.4, -0.2) is 36.0 Å². The van der Waals surface area contributed by atoms with Crippen LogP contribution in [0.2, 0.25) is 0 Å². The van der Waals surface area contributed by atoms with Crippen molar-refractivity contribution in [1.82, 2.24) is 15.8 Å². The molecule has 3 unspecified atom stereocenters. The maximum absolute atomic E-state index is 14.2. The predicted octanol–water partition coefficient (Wildman–Crippen LogP) is 6.11. The minimum absolute atomic E-state index is 0.0632. The number of carbonyl (C=O) groups excluding carboxylic acids is 3. The molecule has 0 saturated carbocycles. The Labute approximate surface area is 242 Å². The summed E-state index contributed by atoms with van der Waals surface area (Å²) in [7, 11) is 1.53. The van der Waals surface area contributed by atoms with Gasteiger partial charge in [-0.2, -0.15) is 0 Å². The van der Waals surface area contributed by atoms with Crippen molar-refractivity contribution >= 4 is 23.5 Å². The van der Waals surface area contributed by atoms with Crippen LogP contribution in [0.1, 0.15) is 68.7 Å². The van der Waals surface area contributed by atoms with Gasteiger partial charge in [0.15, 0.2) is 0 Å². The lowest BCUT2D eigenvalue weighted by atomic mass is 9.86. The van der Waals surface area contributed by atoms with Crippen LogP contribution in [0.5, 0.6) is 5.75 Å². The molecular formula is C33H40N4O4. The van der Waals surface area contributed by atoms with Crippen LogP contribution in [0, 0.1) is 12.3 Å². The number of nitrogens with one attached hydrogen (secondary N) is 3. The van der Waals surface area contributed by atoms with Gasteiger partial charge >= 0.3 is 6.03 Å². The Balaban J connectivity index is 1.71. The number of urea groups is 1. The number of rotatable bonds is 7. The fourth-order valence-corrected chi connectivity index (χ4v) is 5.31. The van der Waals surface area contributed by atoms with Crippen molar-refractivity contribution in [2.45, 2.75) is 65.0 Å². The molecule has 8 heteroatoms. The third-order valence-electron chi connectivity index (χ3n) is 7.17. The van der Waals surface area contributed by atoms with Gasteiger partial charge in [0.1, 0.15) is 11.8 Å². The van der Waals surface area contributed by atoms with Crippen LogP contribution < -0.4 is 20.8 Å². The first-order valence-corrected chi connectivity index (χ1v) is 14.0. The molecule has 1 saturated heterocycles.